The molecule has 1 N–H and O–H groups in total. The van der Waals surface area contributed by atoms with Gasteiger partial charge < -0.3 is 9.84 Å². The highest BCUT2D eigenvalue weighted by Crippen LogP contribution is 2.32. The topological polar surface area (TPSA) is 49.8 Å². The number of β-amino-alcohol motifs (C(OH)–C–C–N with tert-alkyl or cyclic N) is 1. The number of allylic oxidation sites excluding steroid dienone is 1. The zero-order valence-corrected chi connectivity index (χ0v) is 12.1. The molecule has 0 spiro atoms. The third kappa shape index (κ3) is 3.18. The number of rotatable bonds is 3. The van der Waals surface area contributed by atoms with Crippen LogP contribution in [-0.4, -0.2) is 48.3 Å². The minimum absolute atomic E-state index is 0.221. The molecule has 0 saturated carbocycles. The first-order chi connectivity index (χ1) is 9.02. The van der Waals surface area contributed by atoms with Gasteiger partial charge in [-0.1, -0.05) is 18.6 Å². The van der Waals surface area contributed by atoms with Gasteiger partial charge in [-0.2, -0.15) is 0 Å². The molecule has 1 aliphatic heterocycles. The first-order valence-electron chi connectivity index (χ1n) is 7.19. The van der Waals surface area contributed by atoms with Crippen molar-refractivity contribution in [3.05, 3.63) is 11.6 Å². The number of ether oxygens (including phenoxy) is 1. The zero-order valence-electron chi connectivity index (χ0n) is 12.1. The zero-order chi connectivity index (χ0) is 14.0. The number of likely N-dealkylation sites (tertiary alicyclic amines) is 1. The SMILES string of the molecule is COC(=O)[C@@H]1C[C@H](O)CN1C[C@@H]1C(C)=CCC[C@H]1C. The highest BCUT2D eigenvalue weighted by molar-refractivity contribution is 5.76. The van der Waals surface area contributed by atoms with Crippen LogP contribution >= 0.6 is 0 Å². The van der Waals surface area contributed by atoms with Gasteiger partial charge in [0.2, 0.25) is 0 Å². The minimum atomic E-state index is -0.410. The average molecular weight is 267 g/mol. The number of esters is 1. The Morgan fingerprint density at radius 2 is 2.32 bits per heavy atom. The Kier molecular flexibility index (Phi) is 4.63. The van der Waals surface area contributed by atoms with Gasteiger partial charge in [-0.25, -0.2) is 0 Å². The second-order valence-electron chi connectivity index (χ2n) is 5.99. The van der Waals surface area contributed by atoms with Crippen LogP contribution < -0.4 is 0 Å². The largest absolute Gasteiger partial charge is 0.468 e. The molecule has 0 aromatic heterocycles. The Labute approximate surface area is 115 Å². The standard InChI is InChI=1S/C15H25NO3/c1-10-5-4-6-11(2)13(10)9-16-8-12(17)7-14(16)15(18)19-3/h5,11-14,17H,4,6-9H2,1-3H3/t11-,12+,13-,14+/m1/s1. The molecule has 1 heterocycles. The van der Waals surface area contributed by atoms with Crippen molar-refractivity contribution in [3.63, 3.8) is 0 Å². The second-order valence-corrected chi connectivity index (χ2v) is 5.99. The predicted molar refractivity (Wildman–Crippen MR) is 73.6 cm³/mol. The van der Waals surface area contributed by atoms with Crippen LogP contribution in [0.1, 0.15) is 33.1 Å². The summed E-state index contributed by atoms with van der Waals surface area (Å²) in [5, 5.41) is 9.81. The van der Waals surface area contributed by atoms with Crippen LogP contribution in [0, 0.1) is 11.8 Å². The Morgan fingerprint density at radius 3 is 2.95 bits per heavy atom. The monoisotopic (exact) mass is 267 g/mol. The molecule has 0 amide bonds. The molecule has 4 heteroatoms. The smallest absolute Gasteiger partial charge is 0.323 e. The maximum atomic E-state index is 11.8. The van der Waals surface area contributed by atoms with Gasteiger partial charge in [0.1, 0.15) is 6.04 Å². The lowest BCUT2D eigenvalue weighted by Crippen LogP contribution is -2.41. The number of aliphatic hydroxyl groups excluding tert-OH is 1. The van der Waals surface area contributed by atoms with Crippen LogP contribution in [0.4, 0.5) is 0 Å². The third-order valence-electron chi connectivity index (χ3n) is 4.65. The van der Waals surface area contributed by atoms with E-state index in [0.29, 0.717) is 24.8 Å². The number of methoxy groups -OCH3 is 1. The number of carbonyl (C=O) groups is 1. The predicted octanol–water partition coefficient (Wildman–Crippen LogP) is 1.59. The maximum Gasteiger partial charge on any atom is 0.323 e. The van der Waals surface area contributed by atoms with Gasteiger partial charge in [-0.05, 0) is 31.6 Å². The molecular formula is C15H25NO3. The first-order valence-corrected chi connectivity index (χ1v) is 7.19. The van der Waals surface area contributed by atoms with Gasteiger partial charge in [0.25, 0.3) is 0 Å². The van der Waals surface area contributed by atoms with Crippen molar-refractivity contribution in [1.29, 1.82) is 0 Å². The average Bonchev–Trinajstić information content (AvgIpc) is 2.74. The van der Waals surface area contributed by atoms with Gasteiger partial charge >= 0.3 is 5.97 Å². The molecule has 0 bridgehead atoms. The number of nitrogens with zero attached hydrogens (tertiary/aromatic N) is 1. The molecule has 0 unspecified atom stereocenters. The number of aliphatic hydroxyl groups is 1. The van der Waals surface area contributed by atoms with Crippen LogP contribution in [0.5, 0.6) is 0 Å². The van der Waals surface area contributed by atoms with Gasteiger partial charge in [-0.3, -0.25) is 9.69 Å². The molecule has 1 aliphatic carbocycles. The Hall–Kier alpha value is -0.870. The van der Waals surface area contributed by atoms with Gasteiger partial charge in [-0.15, -0.1) is 0 Å². The Morgan fingerprint density at radius 1 is 1.58 bits per heavy atom. The number of carbonyl (C=O) groups excluding carboxylic acids is 1. The van der Waals surface area contributed by atoms with Crippen molar-refractivity contribution >= 4 is 5.97 Å². The van der Waals surface area contributed by atoms with Crippen LogP contribution in [0.3, 0.4) is 0 Å². The fourth-order valence-corrected chi connectivity index (χ4v) is 3.41. The van der Waals surface area contributed by atoms with E-state index < -0.39 is 6.10 Å². The van der Waals surface area contributed by atoms with Crippen LogP contribution in [0.25, 0.3) is 0 Å². The van der Waals surface area contributed by atoms with Crippen LogP contribution in [0.2, 0.25) is 0 Å². The van der Waals surface area contributed by atoms with E-state index in [1.807, 2.05) is 0 Å². The number of hydrogen-bond donors (Lipinski definition) is 1. The van der Waals surface area contributed by atoms with E-state index >= 15 is 0 Å². The van der Waals surface area contributed by atoms with Gasteiger partial charge in [0, 0.05) is 19.5 Å². The first kappa shape index (κ1) is 14.5. The molecule has 108 valence electrons. The lowest BCUT2D eigenvalue weighted by molar-refractivity contribution is -0.146. The van der Waals surface area contributed by atoms with E-state index in [4.69, 9.17) is 4.74 Å². The molecule has 0 aromatic carbocycles. The van der Waals surface area contributed by atoms with Crippen molar-refractivity contribution in [3.8, 4) is 0 Å². The molecule has 2 rings (SSSR count). The molecule has 0 aromatic rings. The van der Waals surface area contributed by atoms with Crippen molar-refractivity contribution in [2.75, 3.05) is 20.2 Å². The maximum absolute atomic E-state index is 11.8. The van der Waals surface area contributed by atoms with E-state index in [-0.39, 0.29) is 12.0 Å². The molecule has 4 nitrogen and oxygen atoms in total. The lowest BCUT2D eigenvalue weighted by atomic mass is 9.79. The van der Waals surface area contributed by atoms with Crippen molar-refractivity contribution in [1.82, 2.24) is 4.90 Å². The molecule has 19 heavy (non-hydrogen) atoms. The summed E-state index contributed by atoms with van der Waals surface area (Å²) < 4.78 is 4.85. The summed E-state index contributed by atoms with van der Waals surface area (Å²) in [5.41, 5.74) is 1.42. The highest BCUT2D eigenvalue weighted by Gasteiger charge is 2.38. The molecule has 2 aliphatic rings. The van der Waals surface area contributed by atoms with Gasteiger partial charge in [0.15, 0.2) is 0 Å². The number of hydrogen-bond acceptors (Lipinski definition) is 4. The highest BCUT2D eigenvalue weighted by atomic mass is 16.5. The Bertz CT molecular complexity index is 366. The van der Waals surface area contributed by atoms with Crippen molar-refractivity contribution < 1.29 is 14.6 Å². The summed E-state index contributed by atoms with van der Waals surface area (Å²) in [5.74, 6) is 0.911. The molecule has 1 saturated heterocycles. The van der Waals surface area contributed by atoms with E-state index in [0.717, 1.165) is 13.0 Å². The van der Waals surface area contributed by atoms with E-state index in [9.17, 15) is 9.90 Å². The molecule has 4 atom stereocenters. The van der Waals surface area contributed by atoms with Gasteiger partial charge in [0.05, 0.1) is 13.2 Å². The molecule has 0 radical (unpaired) electrons. The summed E-state index contributed by atoms with van der Waals surface area (Å²) in [6, 6.07) is -0.276. The molecular weight excluding hydrogens is 242 g/mol. The normalized spacial score (nSPS) is 36.1. The fraction of sp³-hybridized carbons (Fsp3) is 0.800. The lowest BCUT2D eigenvalue weighted by Gasteiger charge is -2.34. The quantitative estimate of drug-likeness (QED) is 0.623. The Balaban J connectivity index is 2.06. The third-order valence-corrected chi connectivity index (χ3v) is 4.65. The fourth-order valence-electron chi connectivity index (χ4n) is 3.41. The molecule has 1 fully saturated rings. The van der Waals surface area contributed by atoms with E-state index in [2.05, 4.69) is 24.8 Å². The second kappa shape index (κ2) is 6.06. The summed E-state index contributed by atoms with van der Waals surface area (Å²) in [6.45, 7) is 5.89. The van der Waals surface area contributed by atoms with Crippen molar-refractivity contribution in [2.24, 2.45) is 11.8 Å². The minimum Gasteiger partial charge on any atom is -0.468 e. The van der Waals surface area contributed by atoms with E-state index in [1.165, 1.54) is 19.1 Å². The summed E-state index contributed by atoms with van der Waals surface area (Å²) in [7, 11) is 1.42. The summed E-state index contributed by atoms with van der Waals surface area (Å²) in [4.78, 5) is 13.9. The van der Waals surface area contributed by atoms with Crippen molar-refractivity contribution in [2.45, 2.75) is 45.3 Å². The van der Waals surface area contributed by atoms with Crippen LogP contribution in [-0.2, 0) is 9.53 Å². The van der Waals surface area contributed by atoms with E-state index in [1.54, 1.807) is 0 Å². The summed E-state index contributed by atoms with van der Waals surface area (Å²) in [6.07, 6.45) is 4.77. The van der Waals surface area contributed by atoms with Crippen LogP contribution in [0.15, 0.2) is 11.6 Å². The summed E-state index contributed by atoms with van der Waals surface area (Å²) >= 11 is 0.